The van der Waals surface area contributed by atoms with Gasteiger partial charge in [-0.1, -0.05) is 18.2 Å². The Morgan fingerprint density at radius 3 is 2.85 bits per heavy atom. The van der Waals surface area contributed by atoms with E-state index in [4.69, 9.17) is 0 Å². The van der Waals surface area contributed by atoms with Crippen LogP contribution in [0.25, 0.3) is 5.57 Å². The molecule has 1 aromatic rings. The molecular formula is C11H11NS. The lowest BCUT2D eigenvalue weighted by Gasteiger charge is -2.10. The third-order valence-corrected chi connectivity index (χ3v) is 3.02. The molecule has 2 heteroatoms. The van der Waals surface area contributed by atoms with Gasteiger partial charge in [0.2, 0.25) is 0 Å². The Bertz CT molecular complexity index is 352. The lowest BCUT2D eigenvalue weighted by atomic mass is 10.2. The maximum absolute atomic E-state index is 4.32. The van der Waals surface area contributed by atoms with Crippen molar-refractivity contribution in [1.82, 2.24) is 4.98 Å². The van der Waals surface area contributed by atoms with Gasteiger partial charge >= 0.3 is 0 Å². The molecule has 0 saturated carbocycles. The first-order valence-electron chi connectivity index (χ1n) is 4.28. The molecule has 0 radical (unpaired) electrons. The van der Waals surface area contributed by atoms with Crippen LogP contribution in [0, 0.1) is 0 Å². The van der Waals surface area contributed by atoms with Crippen LogP contribution in [-0.2, 0) is 0 Å². The zero-order valence-electron chi connectivity index (χ0n) is 7.53. The molecular weight excluding hydrogens is 178 g/mol. The highest BCUT2D eigenvalue weighted by molar-refractivity contribution is 8.03. The van der Waals surface area contributed by atoms with Gasteiger partial charge in [-0.3, -0.25) is 4.98 Å². The van der Waals surface area contributed by atoms with Crippen LogP contribution in [0.1, 0.15) is 12.6 Å². The average Bonchev–Trinajstić information content (AvgIpc) is 2.20. The maximum Gasteiger partial charge on any atom is 0.0670 e. The summed E-state index contributed by atoms with van der Waals surface area (Å²) in [7, 11) is 0. The van der Waals surface area contributed by atoms with Crippen LogP contribution >= 0.6 is 11.8 Å². The van der Waals surface area contributed by atoms with E-state index >= 15 is 0 Å². The van der Waals surface area contributed by atoms with E-state index in [-0.39, 0.29) is 0 Å². The summed E-state index contributed by atoms with van der Waals surface area (Å²) >= 11 is 1.87. The number of pyridine rings is 1. The van der Waals surface area contributed by atoms with E-state index in [1.54, 1.807) is 0 Å². The van der Waals surface area contributed by atoms with E-state index in [2.05, 4.69) is 30.1 Å². The third kappa shape index (κ3) is 2.01. The number of hydrogen-bond donors (Lipinski definition) is 0. The first-order chi connectivity index (χ1) is 6.36. The summed E-state index contributed by atoms with van der Waals surface area (Å²) in [6.45, 7) is 2.14. The molecule has 1 aromatic heterocycles. The summed E-state index contributed by atoms with van der Waals surface area (Å²) in [5, 5.41) is 0. The second-order valence-corrected chi connectivity index (χ2v) is 4.19. The maximum atomic E-state index is 4.32. The quantitative estimate of drug-likeness (QED) is 0.673. The van der Waals surface area contributed by atoms with Crippen molar-refractivity contribution in [1.29, 1.82) is 0 Å². The van der Waals surface area contributed by atoms with Crippen LogP contribution in [0.15, 0.2) is 41.5 Å². The van der Waals surface area contributed by atoms with Crippen molar-refractivity contribution in [2.75, 3.05) is 5.75 Å². The van der Waals surface area contributed by atoms with Gasteiger partial charge < -0.3 is 0 Å². The molecule has 2 heterocycles. The Labute approximate surface area is 82.6 Å². The molecule has 0 aromatic carbocycles. The van der Waals surface area contributed by atoms with Gasteiger partial charge in [0.05, 0.1) is 5.69 Å². The predicted octanol–water partition coefficient (Wildman–Crippen LogP) is 3.12. The van der Waals surface area contributed by atoms with Crippen molar-refractivity contribution in [3.63, 3.8) is 0 Å². The van der Waals surface area contributed by atoms with Gasteiger partial charge in [0, 0.05) is 11.9 Å². The van der Waals surface area contributed by atoms with Crippen LogP contribution in [0.3, 0.4) is 0 Å². The van der Waals surface area contributed by atoms with Gasteiger partial charge in [-0.15, -0.1) is 11.8 Å². The number of thioether (sulfide) groups is 1. The lowest BCUT2D eigenvalue weighted by molar-refractivity contribution is 1.27. The molecule has 0 aliphatic carbocycles. The van der Waals surface area contributed by atoms with Crippen LogP contribution in [0.4, 0.5) is 0 Å². The number of rotatable bonds is 1. The van der Waals surface area contributed by atoms with Crippen LogP contribution in [-0.4, -0.2) is 10.7 Å². The molecule has 1 aliphatic heterocycles. The average molecular weight is 189 g/mol. The Morgan fingerprint density at radius 2 is 2.23 bits per heavy atom. The first-order valence-corrected chi connectivity index (χ1v) is 5.26. The highest BCUT2D eigenvalue weighted by Gasteiger charge is 2.06. The van der Waals surface area contributed by atoms with Crippen LogP contribution in [0.5, 0.6) is 0 Å². The molecule has 0 fully saturated rings. The zero-order chi connectivity index (χ0) is 9.10. The summed E-state index contributed by atoms with van der Waals surface area (Å²) in [4.78, 5) is 5.69. The number of hydrogen-bond acceptors (Lipinski definition) is 2. The molecule has 2 rings (SSSR count). The highest BCUT2D eigenvalue weighted by Crippen LogP contribution is 2.27. The van der Waals surface area contributed by atoms with Crippen LogP contribution < -0.4 is 0 Å². The highest BCUT2D eigenvalue weighted by atomic mass is 32.2. The summed E-state index contributed by atoms with van der Waals surface area (Å²) in [5.41, 5.74) is 2.41. The second-order valence-electron chi connectivity index (χ2n) is 2.97. The predicted molar refractivity (Wildman–Crippen MR) is 58.4 cm³/mol. The van der Waals surface area contributed by atoms with Crippen molar-refractivity contribution in [3.8, 4) is 0 Å². The smallest absolute Gasteiger partial charge is 0.0670 e. The molecule has 0 N–H and O–H groups in total. The number of nitrogens with zero attached hydrogens (tertiary/aromatic N) is 1. The van der Waals surface area contributed by atoms with E-state index in [1.165, 1.54) is 10.5 Å². The first kappa shape index (κ1) is 8.57. The number of aromatic nitrogens is 1. The zero-order valence-corrected chi connectivity index (χ0v) is 8.34. The molecule has 1 nitrogen and oxygen atoms in total. The monoisotopic (exact) mass is 189 g/mol. The minimum Gasteiger partial charge on any atom is -0.257 e. The molecule has 0 amide bonds. The van der Waals surface area contributed by atoms with E-state index in [0.29, 0.717) is 0 Å². The van der Waals surface area contributed by atoms with Crippen molar-refractivity contribution in [2.24, 2.45) is 0 Å². The second kappa shape index (κ2) is 3.79. The molecule has 0 saturated heterocycles. The van der Waals surface area contributed by atoms with Gasteiger partial charge in [0.1, 0.15) is 0 Å². The minimum absolute atomic E-state index is 1.04. The molecule has 0 unspecified atom stereocenters. The molecule has 0 bridgehead atoms. The topological polar surface area (TPSA) is 12.9 Å². The molecule has 0 atom stereocenters. The third-order valence-electron chi connectivity index (χ3n) is 1.97. The molecule has 13 heavy (non-hydrogen) atoms. The van der Waals surface area contributed by atoms with Gasteiger partial charge in [-0.25, -0.2) is 0 Å². The van der Waals surface area contributed by atoms with E-state index in [1.807, 2.05) is 30.1 Å². The summed E-state index contributed by atoms with van der Waals surface area (Å²) in [5.74, 6) is 1.04. The largest absolute Gasteiger partial charge is 0.257 e. The lowest BCUT2D eigenvalue weighted by Crippen LogP contribution is -1.94. The Balaban J connectivity index is 2.29. The normalized spacial score (nSPS) is 16.4. The molecule has 1 aliphatic rings. The van der Waals surface area contributed by atoms with Crippen LogP contribution in [0.2, 0.25) is 0 Å². The summed E-state index contributed by atoms with van der Waals surface area (Å²) in [6, 6.07) is 6.03. The summed E-state index contributed by atoms with van der Waals surface area (Å²) in [6.07, 6.45) is 6.15. The Hall–Kier alpha value is -1.02. The van der Waals surface area contributed by atoms with Gasteiger partial charge in [0.25, 0.3) is 0 Å². The molecule has 0 spiro atoms. The SMILES string of the molecule is CC1=CC=C(c2ccccn2)CS1. The van der Waals surface area contributed by atoms with E-state index in [9.17, 15) is 0 Å². The van der Waals surface area contributed by atoms with Crippen molar-refractivity contribution < 1.29 is 0 Å². The fourth-order valence-electron chi connectivity index (χ4n) is 1.22. The Kier molecular flexibility index (Phi) is 2.50. The standard InChI is InChI=1S/C11H11NS/c1-9-5-6-10(8-13-9)11-4-2-3-7-12-11/h2-7H,8H2,1H3. The van der Waals surface area contributed by atoms with Gasteiger partial charge in [-0.2, -0.15) is 0 Å². The van der Waals surface area contributed by atoms with E-state index in [0.717, 1.165) is 11.4 Å². The minimum atomic E-state index is 1.04. The fraction of sp³-hybridized carbons (Fsp3) is 0.182. The van der Waals surface area contributed by atoms with Gasteiger partial charge in [-0.05, 0) is 29.5 Å². The van der Waals surface area contributed by atoms with Gasteiger partial charge in [0.15, 0.2) is 0 Å². The fourth-order valence-corrected chi connectivity index (χ4v) is 2.01. The molecule has 66 valence electrons. The van der Waals surface area contributed by atoms with E-state index < -0.39 is 0 Å². The Morgan fingerprint density at radius 1 is 1.31 bits per heavy atom. The number of allylic oxidation sites excluding steroid dienone is 3. The van der Waals surface area contributed by atoms with Crippen molar-refractivity contribution in [2.45, 2.75) is 6.92 Å². The summed E-state index contributed by atoms with van der Waals surface area (Å²) < 4.78 is 0. The van der Waals surface area contributed by atoms with Crippen molar-refractivity contribution in [3.05, 3.63) is 47.1 Å². The van der Waals surface area contributed by atoms with Crippen molar-refractivity contribution >= 4 is 17.3 Å².